The van der Waals surface area contributed by atoms with Gasteiger partial charge in [-0.25, -0.2) is 0 Å². The minimum atomic E-state index is -0.317. The van der Waals surface area contributed by atoms with Crippen molar-refractivity contribution < 1.29 is 23.9 Å². The van der Waals surface area contributed by atoms with E-state index in [0.29, 0.717) is 56.3 Å². The molecule has 0 aliphatic carbocycles. The van der Waals surface area contributed by atoms with Crippen LogP contribution in [0.4, 0.5) is 0 Å². The van der Waals surface area contributed by atoms with Gasteiger partial charge in [0.2, 0.25) is 18.6 Å². The van der Waals surface area contributed by atoms with Crippen molar-refractivity contribution in [2.75, 3.05) is 39.5 Å². The highest BCUT2D eigenvalue weighted by atomic mass is 16.7. The van der Waals surface area contributed by atoms with Gasteiger partial charge in [0.15, 0.2) is 11.5 Å². The SMILES string of the molecule is O=C1CC(C(=O)N2CCN(C(=O)c3ccc4c(c3)OCO4)CC2)CN1Cc1ccccc1. The van der Waals surface area contributed by atoms with Crippen LogP contribution >= 0.6 is 0 Å². The molecule has 0 bridgehead atoms. The third-order valence-electron chi connectivity index (χ3n) is 6.28. The van der Waals surface area contributed by atoms with Crippen LogP contribution in [-0.4, -0.2) is 71.9 Å². The summed E-state index contributed by atoms with van der Waals surface area (Å²) in [6, 6.07) is 15.0. The molecule has 2 aromatic rings. The van der Waals surface area contributed by atoms with Crippen LogP contribution in [0.3, 0.4) is 0 Å². The Hall–Kier alpha value is -3.55. The number of fused-ring (bicyclic) bond motifs is 1. The molecule has 8 nitrogen and oxygen atoms in total. The molecule has 8 heteroatoms. The number of piperazine rings is 1. The van der Waals surface area contributed by atoms with Gasteiger partial charge in [-0.15, -0.1) is 0 Å². The molecule has 2 saturated heterocycles. The monoisotopic (exact) mass is 435 g/mol. The highest BCUT2D eigenvalue weighted by Gasteiger charge is 2.37. The van der Waals surface area contributed by atoms with Crippen molar-refractivity contribution in [2.45, 2.75) is 13.0 Å². The molecule has 3 aliphatic rings. The number of hydrogen-bond donors (Lipinski definition) is 0. The van der Waals surface area contributed by atoms with E-state index in [1.165, 1.54) is 0 Å². The van der Waals surface area contributed by atoms with Crippen molar-refractivity contribution in [1.29, 1.82) is 0 Å². The summed E-state index contributed by atoms with van der Waals surface area (Å²) >= 11 is 0. The van der Waals surface area contributed by atoms with Crippen LogP contribution in [0.5, 0.6) is 11.5 Å². The molecule has 1 unspecified atom stereocenters. The second-order valence-electron chi connectivity index (χ2n) is 8.35. The molecule has 166 valence electrons. The van der Waals surface area contributed by atoms with Gasteiger partial charge in [-0.05, 0) is 23.8 Å². The van der Waals surface area contributed by atoms with E-state index >= 15 is 0 Å². The maximum Gasteiger partial charge on any atom is 0.254 e. The number of amides is 3. The average Bonchev–Trinajstić information content (AvgIpc) is 3.45. The molecule has 2 aromatic carbocycles. The lowest BCUT2D eigenvalue weighted by molar-refractivity contribution is -0.137. The van der Waals surface area contributed by atoms with E-state index in [1.54, 1.807) is 32.9 Å². The predicted molar refractivity (Wildman–Crippen MR) is 115 cm³/mol. The van der Waals surface area contributed by atoms with Crippen molar-refractivity contribution in [2.24, 2.45) is 5.92 Å². The number of carbonyl (C=O) groups is 3. The van der Waals surface area contributed by atoms with Gasteiger partial charge >= 0.3 is 0 Å². The van der Waals surface area contributed by atoms with Crippen LogP contribution < -0.4 is 9.47 Å². The molecule has 5 rings (SSSR count). The molecule has 3 heterocycles. The maximum absolute atomic E-state index is 13.0. The van der Waals surface area contributed by atoms with E-state index in [2.05, 4.69) is 0 Å². The highest BCUT2D eigenvalue weighted by molar-refractivity contribution is 5.95. The van der Waals surface area contributed by atoms with Crippen molar-refractivity contribution >= 4 is 17.7 Å². The van der Waals surface area contributed by atoms with Gasteiger partial charge < -0.3 is 24.2 Å². The Balaban J connectivity index is 1.15. The zero-order valence-corrected chi connectivity index (χ0v) is 17.7. The molecule has 0 radical (unpaired) electrons. The Morgan fingerprint density at radius 3 is 2.41 bits per heavy atom. The van der Waals surface area contributed by atoms with Crippen LogP contribution in [0.2, 0.25) is 0 Å². The van der Waals surface area contributed by atoms with Gasteiger partial charge in [-0.3, -0.25) is 14.4 Å². The molecule has 0 aromatic heterocycles. The molecule has 32 heavy (non-hydrogen) atoms. The molecule has 0 saturated carbocycles. The average molecular weight is 435 g/mol. The summed E-state index contributed by atoms with van der Waals surface area (Å²) in [5.74, 6) is 0.843. The zero-order valence-electron chi connectivity index (χ0n) is 17.7. The summed E-state index contributed by atoms with van der Waals surface area (Å²) in [5, 5.41) is 0. The first-order valence-corrected chi connectivity index (χ1v) is 10.9. The molecule has 0 N–H and O–H groups in total. The van der Waals surface area contributed by atoms with Crippen molar-refractivity contribution in [1.82, 2.24) is 14.7 Å². The van der Waals surface area contributed by atoms with Gasteiger partial charge in [0, 0.05) is 51.3 Å². The fraction of sp³-hybridized carbons (Fsp3) is 0.375. The molecule has 3 aliphatic heterocycles. The first kappa shape index (κ1) is 20.4. The minimum absolute atomic E-state index is 0.00379. The summed E-state index contributed by atoms with van der Waals surface area (Å²) in [5.41, 5.74) is 1.61. The Bertz CT molecular complexity index is 1030. The smallest absolute Gasteiger partial charge is 0.254 e. The lowest BCUT2D eigenvalue weighted by atomic mass is 10.1. The number of nitrogens with zero attached hydrogens (tertiary/aromatic N) is 3. The third kappa shape index (κ3) is 4.00. The molecule has 3 amide bonds. The standard InChI is InChI=1S/C24H25N3O5/c28-22-13-19(15-27(22)14-17-4-2-1-3-5-17)24(30)26-10-8-25(9-11-26)23(29)18-6-7-20-21(12-18)32-16-31-20/h1-7,12,19H,8-11,13-16H2. The number of likely N-dealkylation sites (tertiary alicyclic amines) is 1. The predicted octanol–water partition coefficient (Wildman–Crippen LogP) is 1.75. The number of rotatable bonds is 4. The van der Waals surface area contributed by atoms with Gasteiger partial charge in [0.05, 0.1) is 5.92 Å². The Labute approximate surface area is 186 Å². The minimum Gasteiger partial charge on any atom is -0.454 e. The Morgan fingerprint density at radius 2 is 1.62 bits per heavy atom. The second-order valence-corrected chi connectivity index (χ2v) is 8.35. The van der Waals surface area contributed by atoms with E-state index in [0.717, 1.165) is 5.56 Å². The van der Waals surface area contributed by atoms with Crippen LogP contribution in [0.25, 0.3) is 0 Å². The van der Waals surface area contributed by atoms with Gasteiger partial charge in [0.25, 0.3) is 5.91 Å². The molecule has 1 atom stereocenters. The Morgan fingerprint density at radius 1 is 0.906 bits per heavy atom. The maximum atomic E-state index is 13.0. The summed E-state index contributed by atoms with van der Waals surface area (Å²) < 4.78 is 10.7. The molecule has 2 fully saturated rings. The van der Waals surface area contributed by atoms with Crippen LogP contribution in [-0.2, 0) is 16.1 Å². The quantitative estimate of drug-likeness (QED) is 0.731. The van der Waals surface area contributed by atoms with Crippen LogP contribution in [0.1, 0.15) is 22.3 Å². The van der Waals surface area contributed by atoms with E-state index in [4.69, 9.17) is 9.47 Å². The zero-order chi connectivity index (χ0) is 22.1. The fourth-order valence-corrected chi connectivity index (χ4v) is 4.49. The fourth-order valence-electron chi connectivity index (χ4n) is 4.49. The van der Waals surface area contributed by atoms with Gasteiger partial charge in [-0.1, -0.05) is 30.3 Å². The van der Waals surface area contributed by atoms with Crippen molar-refractivity contribution in [3.05, 3.63) is 59.7 Å². The Kier molecular flexibility index (Phi) is 5.43. The number of benzene rings is 2. The summed E-state index contributed by atoms with van der Waals surface area (Å²) in [4.78, 5) is 43.6. The first-order valence-electron chi connectivity index (χ1n) is 10.9. The summed E-state index contributed by atoms with van der Waals surface area (Å²) in [6.45, 7) is 3.02. The summed E-state index contributed by atoms with van der Waals surface area (Å²) in [7, 11) is 0. The van der Waals surface area contributed by atoms with E-state index in [9.17, 15) is 14.4 Å². The number of hydrogen-bond acceptors (Lipinski definition) is 5. The van der Waals surface area contributed by atoms with Crippen LogP contribution in [0.15, 0.2) is 48.5 Å². The summed E-state index contributed by atoms with van der Waals surface area (Å²) in [6.07, 6.45) is 0.252. The lowest BCUT2D eigenvalue weighted by Crippen LogP contribution is -2.52. The van der Waals surface area contributed by atoms with Crippen molar-refractivity contribution in [3.8, 4) is 11.5 Å². The topological polar surface area (TPSA) is 79.4 Å². The van der Waals surface area contributed by atoms with Gasteiger partial charge in [-0.2, -0.15) is 0 Å². The highest BCUT2D eigenvalue weighted by Crippen LogP contribution is 2.33. The number of ether oxygens (including phenoxy) is 2. The molecular weight excluding hydrogens is 410 g/mol. The first-order chi connectivity index (χ1) is 15.6. The number of carbonyl (C=O) groups excluding carboxylic acids is 3. The molecule has 0 spiro atoms. The van der Waals surface area contributed by atoms with Crippen molar-refractivity contribution in [3.63, 3.8) is 0 Å². The largest absolute Gasteiger partial charge is 0.454 e. The third-order valence-corrected chi connectivity index (χ3v) is 6.28. The van der Waals surface area contributed by atoms with E-state index in [1.807, 2.05) is 30.3 Å². The lowest BCUT2D eigenvalue weighted by Gasteiger charge is -2.36. The second kappa shape index (κ2) is 8.53. The van der Waals surface area contributed by atoms with E-state index < -0.39 is 0 Å². The normalized spacial score (nSPS) is 20.1. The molecular formula is C24H25N3O5. The van der Waals surface area contributed by atoms with E-state index in [-0.39, 0.29) is 36.9 Å². The van der Waals surface area contributed by atoms with Crippen LogP contribution in [0, 0.1) is 5.92 Å². The van der Waals surface area contributed by atoms with Gasteiger partial charge in [0.1, 0.15) is 0 Å².